The van der Waals surface area contributed by atoms with Crippen LogP contribution in [0.3, 0.4) is 0 Å². The predicted octanol–water partition coefficient (Wildman–Crippen LogP) is 21.5. The summed E-state index contributed by atoms with van der Waals surface area (Å²) in [6.45, 7) is 7.51. The van der Waals surface area contributed by atoms with Crippen LogP contribution in [0.5, 0.6) is 0 Å². The molecule has 0 aromatic carbocycles. The summed E-state index contributed by atoms with van der Waals surface area (Å²) in [5.41, 5.74) is 0. The maximum Gasteiger partial charge on any atom is 0.306 e. The first-order chi connectivity index (χ1) is 36.6. The van der Waals surface area contributed by atoms with Crippen molar-refractivity contribution < 1.29 is 23.8 Å². The van der Waals surface area contributed by atoms with Gasteiger partial charge >= 0.3 is 11.9 Å². The monoisotopic (exact) mass is 1020 g/mol. The molecule has 0 amide bonds. The fraction of sp³-hybridized carbons (Fsp3) is 0.652. The van der Waals surface area contributed by atoms with E-state index in [-0.39, 0.29) is 25.2 Å². The lowest BCUT2D eigenvalue weighted by Crippen LogP contribution is -2.30. The molecule has 0 bridgehead atoms. The average Bonchev–Trinajstić information content (AvgIpc) is 3.40. The molecular formula is C69H114O5. The Morgan fingerprint density at radius 1 is 0.311 bits per heavy atom. The second kappa shape index (κ2) is 63.3. The van der Waals surface area contributed by atoms with Crippen LogP contribution in [-0.2, 0) is 23.8 Å². The molecule has 5 heteroatoms. The Kier molecular flexibility index (Phi) is 59.9. The van der Waals surface area contributed by atoms with Gasteiger partial charge in [-0.3, -0.25) is 9.59 Å². The zero-order valence-electron chi connectivity index (χ0n) is 48.3. The maximum atomic E-state index is 12.9. The van der Waals surface area contributed by atoms with Crippen LogP contribution in [0.25, 0.3) is 0 Å². The van der Waals surface area contributed by atoms with E-state index in [2.05, 4.69) is 154 Å². The van der Waals surface area contributed by atoms with Gasteiger partial charge in [-0.15, -0.1) is 0 Å². The van der Waals surface area contributed by atoms with Gasteiger partial charge in [0.2, 0.25) is 0 Å². The van der Waals surface area contributed by atoms with Crippen molar-refractivity contribution in [1.82, 2.24) is 0 Å². The molecule has 5 nitrogen and oxygen atoms in total. The van der Waals surface area contributed by atoms with E-state index in [4.69, 9.17) is 14.2 Å². The normalized spacial score (nSPS) is 13.2. The average molecular weight is 1020 g/mol. The summed E-state index contributed by atoms with van der Waals surface area (Å²) < 4.78 is 17.5. The Morgan fingerprint density at radius 3 is 1.00 bits per heavy atom. The van der Waals surface area contributed by atoms with E-state index in [1.807, 2.05) is 0 Å². The van der Waals surface area contributed by atoms with Gasteiger partial charge in [0.15, 0.2) is 6.10 Å². The molecule has 0 saturated carbocycles. The van der Waals surface area contributed by atoms with Crippen molar-refractivity contribution in [2.75, 3.05) is 19.8 Å². The molecule has 0 fully saturated rings. The van der Waals surface area contributed by atoms with Crippen LogP contribution in [0.15, 0.2) is 134 Å². The van der Waals surface area contributed by atoms with Gasteiger partial charge in [-0.05, 0) is 135 Å². The highest BCUT2D eigenvalue weighted by molar-refractivity contribution is 5.70. The van der Waals surface area contributed by atoms with E-state index >= 15 is 0 Å². The molecule has 0 saturated heterocycles. The minimum absolute atomic E-state index is 0.0489. The summed E-state index contributed by atoms with van der Waals surface area (Å²) in [6.07, 6.45) is 90.5. The standard InChI is InChI=1S/C69H114O5/c1-4-7-10-13-16-19-22-25-28-31-34-37-40-43-46-49-52-55-58-61-64-72-65-67(74-69(71)63-60-57-54-51-48-45-42-39-36-33-30-27-24-21-18-15-12-9-6-3)66-73-68(70)62-59-56-53-50-47-44-41-38-35-32-29-26-23-20-17-14-11-8-5-2/h7-8,10-11,16-17,19-20,25-30,34-35,37-38,43-44,46-47,67H,4-6,9,12-15,18,21-24,31-33,36,39-42,45,48-66H2,1-3H3/b10-7-,11-8-,19-16-,20-17-,28-25-,29-26-,30-27-,37-34-,38-35-,46-43-,47-44-. The fourth-order valence-corrected chi connectivity index (χ4v) is 8.15. The van der Waals surface area contributed by atoms with Crippen LogP contribution >= 0.6 is 0 Å². The Labute approximate surface area is 458 Å². The van der Waals surface area contributed by atoms with Crippen molar-refractivity contribution in [2.45, 2.75) is 271 Å². The molecule has 0 aliphatic heterocycles. The highest BCUT2D eigenvalue weighted by atomic mass is 16.6. The Hall–Kier alpha value is -3.96. The number of rotatable bonds is 55. The van der Waals surface area contributed by atoms with Crippen LogP contribution in [0.1, 0.15) is 265 Å². The van der Waals surface area contributed by atoms with Gasteiger partial charge in [0.1, 0.15) is 6.61 Å². The summed E-state index contributed by atoms with van der Waals surface area (Å²) in [4.78, 5) is 25.6. The van der Waals surface area contributed by atoms with Gasteiger partial charge < -0.3 is 14.2 Å². The van der Waals surface area contributed by atoms with E-state index < -0.39 is 6.10 Å². The number of carbonyl (C=O) groups is 2. The van der Waals surface area contributed by atoms with Gasteiger partial charge in [-0.2, -0.15) is 0 Å². The third-order valence-electron chi connectivity index (χ3n) is 12.7. The van der Waals surface area contributed by atoms with Crippen molar-refractivity contribution in [3.8, 4) is 0 Å². The number of allylic oxidation sites excluding steroid dienone is 22. The van der Waals surface area contributed by atoms with Gasteiger partial charge in [0, 0.05) is 19.4 Å². The minimum atomic E-state index is -0.576. The molecule has 0 aromatic rings. The SMILES string of the molecule is CC/C=C\C/C=C\C/C=C\C/C=C\C/C=C\CCCCCCOCC(COC(=O)CCCCC/C=C\C/C=C\C/C=C\C/C=C\C/C=C\CC)OC(=O)CCCCCCCCCCC/C=C\CCCCCCCC. The molecule has 0 aliphatic rings. The lowest BCUT2D eigenvalue weighted by atomic mass is 10.1. The first-order valence-corrected chi connectivity index (χ1v) is 30.7. The van der Waals surface area contributed by atoms with Crippen molar-refractivity contribution in [2.24, 2.45) is 0 Å². The molecule has 1 unspecified atom stereocenters. The molecule has 0 radical (unpaired) electrons. The summed E-state index contributed by atoms with van der Waals surface area (Å²) in [6, 6.07) is 0. The second-order valence-corrected chi connectivity index (χ2v) is 19.8. The van der Waals surface area contributed by atoms with Gasteiger partial charge in [0.05, 0.1) is 6.61 Å². The first-order valence-electron chi connectivity index (χ1n) is 30.7. The number of hydrogen-bond donors (Lipinski definition) is 0. The zero-order chi connectivity index (χ0) is 53.4. The molecule has 74 heavy (non-hydrogen) atoms. The molecule has 1 atom stereocenters. The van der Waals surface area contributed by atoms with Crippen molar-refractivity contribution in [1.29, 1.82) is 0 Å². The first kappa shape index (κ1) is 70.0. The van der Waals surface area contributed by atoms with E-state index in [0.717, 1.165) is 135 Å². The van der Waals surface area contributed by atoms with E-state index in [1.165, 1.54) is 96.3 Å². The summed E-state index contributed by atoms with van der Waals surface area (Å²) in [7, 11) is 0. The minimum Gasteiger partial charge on any atom is -0.462 e. The highest BCUT2D eigenvalue weighted by Crippen LogP contribution is 2.14. The lowest BCUT2D eigenvalue weighted by Gasteiger charge is -2.18. The van der Waals surface area contributed by atoms with Crippen molar-refractivity contribution in [3.63, 3.8) is 0 Å². The molecule has 0 rings (SSSR count). The summed E-state index contributed by atoms with van der Waals surface area (Å²) in [5, 5.41) is 0. The van der Waals surface area contributed by atoms with Crippen LogP contribution in [0.2, 0.25) is 0 Å². The molecule has 0 aromatic heterocycles. The van der Waals surface area contributed by atoms with Crippen LogP contribution < -0.4 is 0 Å². The molecule has 420 valence electrons. The highest BCUT2D eigenvalue weighted by Gasteiger charge is 2.17. The van der Waals surface area contributed by atoms with Gasteiger partial charge in [-0.1, -0.05) is 251 Å². The van der Waals surface area contributed by atoms with Crippen LogP contribution in [-0.4, -0.2) is 37.9 Å². The second-order valence-electron chi connectivity index (χ2n) is 19.8. The topological polar surface area (TPSA) is 61.8 Å². The predicted molar refractivity (Wildman–Crippen MR) is 325 cm³/mol. The Balaban J connectivity index is 4.43. The summed E-state index contributed by atoms with van der Waals surface area (Å²) in [5.74, 6) is -0.454. The number of carbonyl (C=O) groups excluding carboxylic acids is 2. The molecule has 0 spiro atoms. The van der Waals surface area contributed by atoms with Gasteiger partial charge in [-0.25, -0.2) is 0 Å². The lowest BCUT2D eigenvalue weighted by molar-refractivity contribution is -0.163. The molecule has 0 N–H and O–H groups in total. The third kappa shape index (κ3) is 60.6. The quantitative estimate of drug-likeness (QED) is 0.0345. The van der Waals surface area contributed by atoms with E-state index in [9.17, 15) is 9.59 Å². The maximum absolute atomic E-state index is 12.9. The largest absolute Gasteiger partial charge is 0.462 e. The molecule has 0 heterocycles. The number of esters is 2. The zero-order valence-corrected chi connectivity index (χ0v) is 48.3. The number of hydrogen-bond acceptors (Lipinski definition) is 5. The number of ether oxygens (including phenoxy) is 3. The fourth-order valence-electron chi connectivity index (χ4n) is 8.15. The van der Waals surface area contributed by atoms with Crippen LogP contribution in [0, 0.1) is 0 Å². The number of unbranched alkanes of at least 4 members (excludes halogenated alkanes) is 22. The van der Waals surface area contributed by atoms with Crippen molar-refractivity contribution in [3.05, 3.63) is 134 Å². The third-order valence-corrected chi connectivity index (χ3v) is 12.7. The van der Waals surface area contributed by atoms with Gasteiger partial charge in [0.25, 0.3) is 0 Å². The Morgan fingerprint density at radius 2 is 0.608 bits per heavy atom. The Bertz CT molecular complexity index is 1530. The molecular weight excluding hydrogens is 909 g/mol. The van der Waals surface area contributed by atoms with E-state index in [1.54, 1.807) is 0 Å². The molecule has 0 aliphatic carbocycles. The summed E-state index contributed by atoms with van der Waals surface area (Å²) >= 11 is 0. The van der Waals surface area contributed by atoms with Crippen LogP contribution in [0.4, 0.5) is 0 Å². The van der Waals surface area contributed by atoms with E-state index in [0.29, 0.717) is 19.4 Å². The van der Waals surface area contributed by atoms with Crippen molar-refractivity contribution >= 4 is 11.9 Å². The smallest absolute Gasteiger partial charge is 0.306 e.